The zero-order valence-corrected chi connectivity index (χ0v) is 25.8. The zero-order chi connectivity index (χ0) is 30.9. The van der Waals surface area contributed by atoms with Gasteiger partial charge in [-0.3, -0.25) is 0 Å². The third-order valence-electron chi connectivity index (χ3n) is 8.88. The van der Waals surface area contributed by atoms with Gasteiger partial charge in [0.05, 0.1) is 0 Å². The van der Waals surface area contributed by atoms with E-state index in [4.69, 9.17) is 0 Å². The second kappa shape index (κ2) is 11.9. The van der Waals surface area contributed by atoms with Gasteiger partial charge in [0.1, 0.15) is 0 Å². The topological polar surface area (TPSA) is 3.24 Å². The van der Waals surface area contributed by atoms with E-state index in [9.17, 15) is 0 Å². The van der Waals surface area contributed by atoms with Crippen molar-refractivity contribution in [3.8, 4) is 33.4 Å². The third-order valence-corrected chi connectivity index (χ3v) is 8.88. The summed E-state index contributed by atoms with van der Waals surface area (Å²) in [5.41, 5.74) is 12.1. The van der Waals surface area contributed by atoms with Crippen molar-refractivity contribution < 1.29 is 0 Å². The molecule has 0 aliphatic heterocycles. The average Bonchev–Trinajstić information content (AvgIpc) is 3.12. The van der Waals surface area contributed by atoms with Gasteiger partial charge in [0.15, 0.2) is 0 Å². The molecule has 0 aliphatic carbocycles. The van der Waals surface area contributed by atoms with Crippen molar-refractivity contribution in [3.05, 3.63) is 188 Å². The Morgan fingerprint density at radius 2 is 0.783 bits per heavy atom. The molecule has 8 aromatic rings. The monoisotopic (exact) mass is 587 g/mol. The Morgan fingerprint density at radius 3 is 1.39 bits per heavy atom. The fourth-order valence-corrected chi connectivity index (χ4v) is 6.78. The molecule has 0 spiro atoms. The van der Waals surface area contributed by atoms with E-state index in [0.29, 0.717) is 0 Å². The smallest absolute Gasteiger partial charge is 0.0464 e. The van der Waals surface area contributed by atoms with Crippen molar-refractivity contribution in [1.82, 2.24) is 0 Å². The highest BCUT2D eigenvalue weighted by Crippen LogP contribution is 2.45. The summed E-state index contributed by atoms with van der Waals surface area (Å²) in [5.74, 6) is 0. The lowest BCUT2D eigenvalue weighted by molar-refractivity contribution is 1.27. The number of aryl methyl sites for hydroxylation is 1. The van der Waals surface area contributed by atoms with Crippen LogP contribution in [0.5, 0.6) is 0 Å². The lowest BCUT2D eigenvalue weighted by Gasteiger charge is -2.26. The average molecular weight is 588 g/mol. The van der Waals surface area contributed by atoms with Gasteiger partial charge in [-0.05, 0) is 110 Å². The van der Waals surface area contributed by atoms with Gasteiger partial charge >= 0.3 is 0 Å². The Morgan fingerprint density at radius 1 is 0.304 bits per heavy atom. The molecule has 0 saturated heterocycles. The Balaban J connectivity index is 1.31. The summed E-state index contributed by atoms with van der Waals surface area (Å²) in [4.78, 5) is 2.32. The van der Waals surface area contributed by atoms with Crippen LogP contribution in [-0.4, -0.2) is 0 Å². The number of rotatable bonds is 6. The second-order valence-corrected chi connectivity index (χ2v) is 11.8. The van der Waals surface area contributed by atoms with Crippen molar-refractivity contribution in [2.45, 2.75) is 6.92 Å². The van der Waals surface area contributed by atoms with E-state index in [2.05, 4.69) is 194 Å². The van der Waals surface area contributed by atoms with Crippen LogP contribution in [0.2, 0.25) is 0 Å². The molecule has 0 amide bonds. The Kier molecular flexibility index (Phi) is 7.13. The van der Waals surface area contributed by atoms with Gasteiger partial charge in [-0.1, -0.05) is 140 Å². The normalized spacial score (nSPS) is 11.2. The summed E-state index contributed by atoms with van der Waals surface area (Å²) in [6.07, 6.45) is 0. The second-order valence-electron chi connectivity index (χ2n) is 11.8. The molecule has 218 valence electrons. The van der Waals surface area contributed by atoms with Crippen molar-refractivity contribution in [1.29, 1.82) is 0 Å². The van der Waals surface area contributed by atoms with Crippen LogP contribution >= 0.6 is 0 Å². The van der Waals surface area contributed by atoms with E-state index in [0.717, 1.165) is 17.1 Å². The molecule has 0 saturated carbocycles. The summed E-state index contributed by atoms with van der Waals surface area (Å²) >= 11 is 0. The highest BCUT2D eigenvalue weighted by Gasteiger charge is 2.18. The molecule has 0 aromatic heterocycles. The van der Waals surface area contributed by atoms with Crippen LogP contribution in [0.4, 0.5) is 17.1 Å². The minimum absolute atomic E-state index is 1.13. The molecular weight excluding hydrogens is 555 g/mol. The Labute approximate surface area is 270 Å². The molecule has 8 rings (SSSR count). The number of benzene rings is 8. The van der Waals surface area contributed by atoms with Gasteiger partial charge in [-0.15, -0.1) is 0 Å². The van der Waals surface area contributed by atoms with E-state index < -0.39 is 0 Å². The molecule has 0 bridgehead atoms. The van der Waals surface area contributed by atoms with Crippen molar-refractivity contribution in [2.75, 3.05) is 4.90 Å². The molecule has 0 heterocycles. The first kappa shape index (κ1) is 27.6. The van der Waals surface area contributed by atoms with Gasteiger partial charge in [-0.2, -0.15) is 0 Å². The van der Waals surface area contributed by atoms with E-state index in [-0.39, 0.29) is 0 Å². The lowest BCUT2D eigenvalue weighted by Crippen LogP contribution is -2.09. The summed E-state index contributed by atoms with van der Waals surface area (Å²) in [6.45, 7) is 2.14. The number of anilines is 3. The summed E-state index contributed by atoms with van der Waals surface area (Å²) in [7, 11) is 0. The fraction of sp³-hybridized carbons (Fsp3) is 0.0222. The van der Waals surface area contributed by atoms with Crippen molar-refractivity contribution >= 4 is 38.6 Å². The number of hydrogen-bond acceptors (Lipinski definition) is 1. The molecule has 0 aliphatic rings. The largest absolute Gasteiger partial charge is 0.310 e. The minimum Gasteiger partial charge on any atom is -0.310 e. The zero-order valence-electron chi connectivity index (χ0n) is 25.8. The van der Waals surface area contributed by atoms with Gasteiger partial charge < -0.3 is 4.90 Å². The first-order valence-electron chi connectivity index (χ1n) is 15.9. The standard InChI is InChI=1S/C45H33N/c1-32-14-13-21-39(30-32)46(37-19-9-4-10-20-37)38-27-24-33(25-28-38)36-26-29-42-43(31-36)45(35-17-7-3-8-18-35)41-23-12-11-22-40(41)44(42)34-15-5-2-6-16-34/h2-31H,1H3. The number of hydrogen-bond donors (Lipinski definition) is 0. The lowest BCUT2D eigenvalue weighted by atomic mass is 9.85. The maximum Gasteiger partial charge on any atom is 0.0464 e. The highest BCUT2D eigenvalue weighted by molar-refractivity contribution is 6.21. The molecule has 1 nitrogen and oxygen atoms in total. The summed E-state index contributed by atoms with van der Waals surface area (Å²) in [5, 5.41) is 5.06. The molecule has 0 fully saturated rings. The summed E-state index contributed by atoms with van der Waals surface area (Å²) in [6, 6.07) is 65.7. The van der Waals surface area contributed by atoms with Gasteiger partial charge in [-0.25, -0.2) is 0 Å². The van der Waals surface area contributed by atoms with Crippen molar-refractivity contribution in [3.63, 3.8) is 0 Å². The van der Waals surface area contributed by atoms with E-state index in [1.54, 1.807) is 0 Å². The molecule has 0 unspecified atom stereocenters. The van der Waals surface area contributed by atoms with Gasteiger partial charge in [0.2, 0.25) is 0 Å². The maximum atomic E-state index is 2.39. The Bertz CT molecular complexity index is 2290. The van der Waals surface area contributed by atoms with E-state index >= 15 is 0 Å². The van der Waals surface area contributed by atoms with Crippen LogP contribution in [0.1, 0.15) is 5.56 Å². The molecule has 1 heteroatoms. The predicted molar refractivity (Wildman–Crippen MR) is 197 cm³/mol. The maximum absolute atomic E-state index is 2.39. The quantitative estimate of drug-likeness (QED) is 0.175. The number of nitrogens with zero attached hydrogens (tertiary/aromatic N) is 1. The Hall–Kier alpha value is -5.92. The van der Waals surface area contributed by atoms with Crippen molar-refractivity contribution in [2.24, 2.45) is 0 Å². The first-order valence-corrected chi connectivity index (χ1v) is 15.9. The van der Waals surface area contributed by atoms with Crippen LogP contribution in [0.3, 0.4) is 0 Å². The molecule has 46 heavy (non-hydrogen) atoms. The molecular formula is C45H33N. The van der Waals surface area contributed by atoms with Crippen LogP contribution in [0, 0.1) is 6.92 Å². The van der Waals surface area contributed by atoms with Crippen LogP contribution in [0.25, 0.3) is 54.9 Å². The fourth-order valence-electron chi connectivity index (χ4n) is 6.78. The van der Waals surface area contributed by atoms with Crippen LogP contribution in [0.15, 0.2) is 182 Å². The SMILES string of the molecule is Cc1cccc(N(c2ccccc2)c2ccc(-c3ccc4c(-c5ccccc5)c5ccccc5c(-c5ccccc5)c4c3)cc2)c1. The predicted octanol–water partition coefficient (Wildman–Crippen LogP) is 12.8. The molecule has 8 aromatic carbocycles. The van der Waals surface area contributed by atoms with E-state index in [1.165, 1.54) is 60.5 Å². The van der Waals surface area contributed by atoms with Gasteiger partial charge in [0.25, 0.3) is 0 Å². The third kappa shape index (κ3) is 5.02. The first-order chi connectivity index (χ1) is 22.7. The van der Waals surface area contributed by atoms with Crippen LogP contribution in [-0.2, 0) is 0 Å². The summed E-state index contributed by atoms with van der Waals surface area (Å²) < 4.78 is 0. The number of fused-ring (bicyclic) bond motifs is 2. The molecule has 0 N–H and O–H groups in total. The number of para-hydroxylation sites is 1. The highest BCUT2D eigenvalue weighted by atomic mass is 15.1. The molecule has 0 radical (unpaired) electrons. The van der Waals surface area contributed by atoms with Crippen LogP contribution < -0.4 is 4.90 Å². The van der Waals surface area contributed by atoms with E-state index in [1.807, 2.05) is 0 Å². The minimum atomic E-state index is 1.13. The molecule has 0 atom stereocenters. The van der Waals surface area contributed by atoms with Gasteiger partial charge in [0, 0.05) is 17.1 Å².